The van der Waals surface area contributed by atoms with Crippen LogP contribution in [0.3, 0.4) is 0 Å². The molecule has 108 valence electrons. The van der Waals surface area contributed by atoms with Gasteiger partial charge < -0.3 is 11.1 Å². The van der Waals surface area contributed by atoms with E-state index in [0.29, 0.717) is 18.8 Å². The van der Waals surface area contributed by atoms with Crippen molar-refractivity contribution in [3.63, 3.8) is 0 Å². The van der Waals surface area contributed by atoms with Crippen LogP contribution in [-0.2, 0) is 11.3 Å². The van der Waals surface area contributed by atoms with E-state index < -0.39 is 0 Å². The number of carbonyl (C=O) groups is 1. The van der Waals surface area contributed by atoms with E-state index in [1.54, 1.807) is 11.8 Å². The van der Waals surface area contributed by atoms with Crippen molar-refractivity contribution in [2.45, 2.75) is 32.1 Å². The average Bonchev–Trinajstić information content (AvgIpc) is 2.40. The van der Waals surface area contributed by atoms with Gasteiger partial charge in [-0.1, -0.05) is 44.7 Å². The van der Waals surface area contributed by atoms with E-state index >= 15 is 0 Å². The Hall–Kier alpha value is -1.44. The summed E-state index contributed by atoms with van der Waals surface area (Å²) < 4.78 is 0.106. The number of carbonyl (C=O) groups excluding carboxylic acids is 1. The molecule has 0 heterocycles. The lowest BCUT2D eigenvalue weighted by molar-refractivity contribution is -0.118. The largest absolute Gasteiger partial charge is 0.351 e. The molecule has 3 N–H and O–H groups in total. The molecule has 4 heteroatoms. The molecule has 20 heavy (non-hydrogen) atoms. The second-order valence-corrected chi connectivity index (χ2v) is 7.19. The Labute approximate surface area is 125 Å². The van der Waals surface area contributed by atoms with Crippen molar-refractivity contribution in [2.75, 3.05) is 12.3 Å². The van der Waals surface area contributed by atoms with Gasteiger partial charge in [0.1, 0.15) is 0 Å². The van der Waals surface area contributed by atoms with Crippen LogP contribution in [0, 0.1) is 11.8 Å². The third-order valence-electron chi connectivity index (χ3n) is 2.39. The predicted octanol–water partition coefficient (Wildman–Crippen LogP) is 2.14. The van der Waals surface area contributed by atoms with Crippen LogP contribution in [0.1, 0.15) is 31.9 Å². The van der Waals surface area contributed by atoms with Crippen molar-refractivity contribution in [1.82, 2.24) is 5.32 Å². The zero-order valence-corrected chi connectivity index (χ0v) is 13.1. The summed E-state index contributed by atoms with van der Waals surface area (Å²) in [6.45, 7) is 7.19. The molecule has 1 aromatic rings. The molecule has 0 aliphatic carbocycles. The van der Waals surface area contributed by atoms with Crippen molar-refractivity contribution in [1.29, 1.82) is 0 Å². The molecule has 0 saturated heterocycles. The minimum atomic E-state index is 0.0587. The summed E-state index contributed by atoms with van der Waals surface area (Å²) in [4.78, 5) is 11.7. The smallest absolute Gasteiger partial charge is 0.230 e. The molecule has 0 aromatic heterocycles. The first-order valence-electron chi connectivity index (χ1n) is 6.59. The lowest BCUT2D eigenvalue weighted by Crippen LogP contribution is -2.26. The highest BCUT2D eigenvalue weighted by molar-refractivity contribution is 8.01. The molecule has 0 bridgehead atoms. The molecule has 0 aliphatic heterocycles. The number of nitrogens with two attached hydrogens (primary N) is 1. The summed E-state index contributed by atoms with van der Waals surface area (Å²) in [6, 6.07) is 7.82. The van der Waals surface area contributed by atoms with Crippen LogP contribution in [0.2, 0.25) is 0 Å². The SMILES string of the molecule is CC(C)(C)SCC(=O)NCc1cccc(C#CCN)c1. The summed E-state index contributed by atoms with van der Waals surface area (Å²) in [5, 5.41) is 2.92. The Kier molecular flexibility index (Phi) is 6.63. The number of amides is 1. The van der Waals surface area contributed by atoms with Gasteiger partial charge in [0, 0.05) is 16.9 Å². The van der Waals surface area contributed by atoms with E-state index in [4.69, 9.17) is 5.73 Å². The van der Waals surface area contributed by atoms with Gasteiger partial charge in [-0.2, -0.15) is 0 Å². The van der Waals surface area contributed by atoms with Crippen LogP contribution in [0.4, 0.5) is 0 Å². The fourth-order valence-corrected chi connectivity index (χ4v) is 2.11. The number of thioether (sulfide) groups is 1. The second-order valence-electron chi connectivity index (χ2n) is 5.38. The quantitative estimate of drug-likeness (QED) is 0.835. The van der Waals surface area contributed by atoms with Crippen LogP contribution in [0.5, 0.6) is 0 Å². The van der Waals surface area contributed by atoms with Crippen LogP contribution >= 0.6 is 11.8 Å². The van der Waals surface area contributed by atoms with Gasteiger partial charge in [-0.15, -0.1) is 11.8 Å². The number of nitrogens with one attached hydrogen (secondary N) is 1. The van der Waals surface area contributed by atoms with Crippen molar-refractivity contribution in [3.05, 3.63) is 35.4 Å². The Morgan fingerprint density at radius 1 is 1.40 bits per heavy atom. The second kappa shape index (κ2) is 7.98. The van der Waals surface area contributed by atoms with Crippen LogP contribution in [0.15, 0.2) is 24.3 Å². The minimum absolute atomic E-state index is 0.0587. The molecular formula is C16H22N2OS. The van der Waals surface area contributed by atoms with Gasteiger partial charge in [0.25, 0.3) is 0 Å². The van der Waals surface area contributed by atoms with Gasteiger partial charge in [0.15, 0.2) is 0 Å². The van der Waals surface area contributed by atoms with E-state index in [1.165, 1.54) is 0 Å². The molecule has 1 amide bonds. The van der Waals surface area contributed by atoms with Crippen LogP contribution in [-0.4, -0.2) is 23.0 Å². The molecule has 0 radical (unpaired) electrons. The first-order chi connectivity index (χ1) is 9.40. The average molecular weight is 290 g/mol. The van der Waals surface area contributed by atoms with Gasteiger partial charge in [0.2, 0.25) is 5.91 Å². The van der Waals surface area contributed by atoms with Crippen LogP contribution in [0.25, 0.3) is 0 Å². The van der Waals surface area contributed by atoms with Crippen molar-refractivity contribution in [2.24, 2.45) is 5.73 Å². The summed E-state index contributed by atoms with van der Waals surface area (Å²) in [5.74, 6) is 6.35. The maximum absolute atomic E-state index is 11.7. The third-order valence-corrected chi connectivity index (χ3v) is 3.66. The highest BCUT2D eigenvalue weighted by Crippen LogP contribution is 2.22. The molecule has 0 atom stereocenters. The van der Waals surface area contributed by atoms with Crippen molar-refractivity contribution < 1.29 is 4.79 Å². The van der Waals surface area contributed by atoms with Gasteiger partial charge in [-0.25, -0.2) is 0 Å². The topological polar surface area (TPSA) is 55.1 Å². The number of benzene rings is 1. The highest BCUT2D eigenvalue weighted by Gasteiger charge is 2.12. The summed E-state index contributed by atoms with van der Waals surface area (Å²) >= 11 is 1.64. The lowest BCUT2D eigenvalue weighted by Gasteiger charge is -2.17. The molecule has 0 saturated carbocycles. The summed E-state index contributed by atoms with van der Waals surface area (Å²) in [6.07, 6.45) is 0. The lowest BCUT2D eigenvalue weighted by atomic mass is 10.1. The molecule has 1 rings (SSSR count). The molecule has 0 spiro atoms. The van der Waals surface area contributed by atoms with Gasteiger partial charge in [0.05, 0.1) is 12.3 Å². The monoisotopic (exact) mass is 290 g/mol. The maximum atomic E-state index is 11.7. The Morgan fingerprint density at radius 2 is 2.15 bits per heavy atom. The van der Waals surface area contributed by atoms with E-state index in [1.807, 2.05) is 24.3 Å². The first kappa shape index (κ1) is 16.6. The molecule has 0 aliphatic rings. The molecule has 0 unspecified atom stereocenters. The van der Waals surface area contributed by atoms with E-state index in [-0.39, 0.29) is 10.7 Å². The zero-order chi connectivity index (χ0) is 15.0. The summed E-state index contributed by atoms with van der Waals surface area (Å²) in [5.41, 5.74) is 7.32. The zero-order valence-electron chi connectivity index (χ0n) is 12.3. The fourth-order valence-electron chi connectivity index (χ4n) is 1.45. The van der Waals surface area contributed by atoms with Crippen molar-refractivity contribution in [3.8, 4) is 11.8 Å². The standard InChI is InChI=1S/C16H22N2OS/c1-16(2,3)20-12-15(19)18-11-14-7-4-6-13(10-14)8-5-9-17/h4,6-7,10H,9,11-12,17H2,1-3H3,(H,18,19). The Balaban J connectivity index is 2.47. The minimum Gasteiger partial charge on any atom is -0.351 e. The van der Waals surface area contributed by atoms with E-state index in [2.05, 4.69) is 37.9 Å². The van der Waals surface area contributed by atoms with Crippen LogP contribution < -0.4 is 11.1 Å². The normalized spacial score (nSPS) is 10.6. The van der Waals surface area contributed by atoms with Gasteiger partial charge >= 0.3 is 0 Å². The molecule has 0 fully saturated rings. The fraction of sp³-hybridized carbons (Fsp3) is 0.438. The number of hydrogen-bond donors (Lipinski definition) is 2. The first-order valence-corrected chi connectivity index (χ1v) is 7.58. The number of hydrogen-bond acceptors (Lipinski definition) is 3. The number of rotatable bonds is 4. The van der Waals surface area contributed by atoms with E-state index in [9.17, 15) is 4.79 Å². The van der Waals surface area contributed by atoms with E-state index in [0.717, 1.165) is 11.1 Å². The maximum Gasteiger partial charge on any atom is 0.230 e. The predicted molar refractivity (Wildman–Crippen MR) is 86.4 cm³/mol. The molecule has 3 nitrogen and oxygen atoms in total. The van der Waals surface area contributed by atoms with Crippen molar-refractivity contribution >= 4 is 17.7 Å². The molecule has 1 aromatic carbocycles. The summed E-state index contributed by atoms with van der Waals surface area (Å²) in [7, 11) is 0. The highest BCUT2D eigenvalue weighted by atomic mass is 32.2. The Bertz CT molecular complexity index is 509. The molecular weight excluding hydrogens is 268 g/mol. The third kappa shape index (κ3) is 7.22. The van der Waals surface area contributed by atoms with Gasteiger partial charge in [-0.3, -0.25) is 4.79 Å². The van der Waals surface area contributed by atoms with Gasteiger partial charge in [-0.05, 0) is 17.7 Å². The Morgan fingerprint density at radius 3 is 2.80 bits per heavy atom.